The molecule has 1 fully saturated rings. The van der Waals surface area contributed by atoms with Crippen molar-refractivity contribution in [2.45, 2.75) is 10.1 Å². The fraction of sp³-hybridized carbons (Fsp3) is 0.500. The molecular weight excluding hydrogens is 205 g/mol. The lowest BCUT2D eigenvalue weighted by Crippen LogP contribution is -2.24. The highest BCUT2D eigenvalue weighted by Gasteiger charge is 2.38. The number of hydrogen-bond acceptors (Lipinski definition) is 2. The Morgan fingerprint density at radius 1 is 1.73 bits per heavy atom. The van der Waals surface area contributed by atoms with Gasteiger partial charge in [0.1, 0.15) is 10.1 Å². The number of nitrogens with zero attached hydrogens (tertiary/aromatic N) is 1. The second-order valence-electron chi connectivity index (χ2n) is 2.05. The first-order valence-electron chi connectivity index (χ1n) is 3.04. The Hall–Kier alpha value is 0.140. The van der Waals surface area contributed by atoms with Crippen LogP contribution in [0.4, 0.5) is 0 Å². The van der Waals surface area contributed by atoms with Crippen LogP contribution in [-0.4, -0.2) is 26.8 Å². The van der Waals surface area contributed by atoms with Crippen molar-refractivity contribution in [3.63, 3.8) is 0 Å². The zero-order chi connectivity index (χ0) is 8.43. The average molecular weight is 212 g/mol. The average Bonchev–Trinajstić information content (AvgIpc) is 2.19. The van der Waals surface area contributed by atoms with Gasteiger partial charge in [0, 0.05) is 0 Å². The van der Waals surface area contributed by atoms with E-state index in [1.165, 1.54) is 16.3 Å². The molecule has 1 aliphatic rings. The fourth-order valence-electron chi connectivity index (χ4n) is 0.727. The van der Waals surface area contributed by atoms with Crippen molar-refractivity contribution in [1.82, 2.24) is 4.31 Å². The van der Waals surface area contributed by atoms with Gasteiger partial charge in [-0.15, -0.1) is 29.8 Å². The Labute approximate surface area is 79.7 Å². The topological polar surface area (TPSA) is 20.3 Å². The van der Waals surface area contributed by atoms with Crippen molar-refractivity contribution in [2.24, 2.45) is 0 Å². The first-order valence-corrected chi connectivity index (χ1v) is 4.75. The summed E-state index contributed by atoms with van der Waals surface area (Å²) in [6.07, 6.45) is 1.64. The molecule has 0 bridgehead atoms. The highest BCUT2D eigenvalue weighted by atomic mass is 35.5. The van der Waals surface area contributed by atoms with Crippen LogP contribution < -0.4 is 0 Å². The SMILES string of the molecule is C=CCN1SC(Cl)C(Cl)C1=O. The van der Waals surface area contributed by atoms with E-state index < -0.39 is 5.38 Å². The quantitative estimate of drug-likeness (QED) is 0.395. The van der Waals surface area contributed by atoms with Crippen molar-refractivity contribution in [1.29, 1.82) is 0 Å². The molecule has 0 saturated carbocycles. The number of halogens is 2. The van der Waals surface area contributed by atoms with Gasteiger partial charge < -0.3 is 0 Å². The lowest BCUT2D eigenvalue weighted by atomic mass is 10.4. The zero-order valence-electron chi connectivity index (χ0n) is 5.67. The minimum absolute atomic E-state index is 0.128. The standard InChI is InChI=1S/C6H7Cl2NOS/c1-2-3-9-6(10)4(7)5(8)11-9/h2,4-5H,1,3H2. The summed E-state index contributed by atoms with van der Waals surface area (Å²) in [5.74, 6) is -0.128. The van der Waals surface area contributed by atoms with E-state index in [4.69, 9.17) is 23.2 Å². The highest BCUT2D eigenvalue weighted by molar-refractivity contribution is 8.00. The molecule has 0 aromatic rings. The Morgan fingerprint density at radius 3 is 2.73 bits per heavy atom. The third-order valence-electron chi connectivity index (χ3n) is 1.23. The number of carbonyl (C=O) groups is 1. The van der Waals surface area contributed by atoms with Crippen molar-refractivity contribution < 1.29 is 4.79 Å². The molecule has 2 unspecified atom stereocenters. The molecule has 2 atom stereocenters. The highest BCUT2D eigenvalue weighted by Crippen LogP contribution is 2.35. The minimum Gasteiger partial charge on any atom is -0.280 e. The first-order chi connectivity index (χ1) is 5.16. The molecule has 0 aromatic heterocycles. The van der Waals surface area contributed by atoms with E-state index in [9.17, 15) is 4.79 Å². The number of carbonyl (C=O) groups excluding carboxylic acids is 1. The van der Waals surface area contributed by atoms with Crippen molar-refractivity contribution in [2.75, 3.05) is 6.54 Å². The molecule has 5 heteroatoms. The van der Waals surface area contributed by atoms with Gasteiger partial charge in [-0.3, -0.25) is 9.10 Å². The zero-order valence-corrected chi connectivity index (χ0v) is 7.99. The van der Waals surface area contributed by atoms with E-state index in [0.717, 1.165) is 0 Å². The summed E-state index contributed by atoms with van der Waals surface area (Å²) >= 11 is 12.6. The Kier molecular flexibility index (Phi) is 3.10. The van der Waals surface area contributed by atoms with Gasteiger partial charge in [-0.2, -0.15) is 0 Å². The molecule has 11 heavy (non-hydrogen) atoms. The van der Waals surface area contributed by atoms with Gasteiger partial charge in [0.05, 0.1) is 6.54 Å². The molecule has 1 saturated heterocycles. The molecular formula is C6H7Cl2NOS. The molecule has 0 aromatic carbocycles. The molecule has 2 nitrogen and oxygen atoms in total. The van der Waals surface area contributed by atoms with Crippen LogP contribution in [0.2, 0.25) is 0 Å². The van der Waals surface area contributed by atoms with E-state index in [1.54, 1.807) is 6.08 Å². The summed E-state index contributed by atoms with van der Waals surface area (Å²) in [4.78, 5) is 11.1. The van der Waals surface area contributed by atoms with Crippen molar-refractivity contribution in [3.8, 4) is 0 Å². The molecule has 0 radical (unpaired) electrons. The lowest BCUT2D eigenvalue weighted by Gasteiger charge is -2.09. The smallest absolute Gasteiger partial charge is 0.253 e. The normalized spacial score (nSPS) is 31.1. The summed E-state index contributed by atoms with van der Waals surface area (Å²) in [5, 5.41) is -0.596. The van der Waals surface area contributed by atoms with Gasteiger partial charge in [-0.05, 0) is 11.9 Å². The maximum atomic E-state index is 11.1. The predicted octanol–water partition coefficient (Wildman–Crippen LogP) is 1.84. The van der Waals surface area contributed by atoms with E-state index in [0.29, 0.717) is 6.54 Å². The van der Waals surface area contributed by atoms with Gasteiger partial charge in [-0.25, -0.2) is 0 Å². The summed E-state index contributed by atoms with van der Waals surface area (Å²) < 4.78 is 1.17. The fourth-order valence-corrected chi connectivity index (χ4v) is 2.31. The minimum atomic E-state index is -0.596. The number of amides is 1. The monoisotopic (exact) mass is 211 g/mol. The summed E-state index contributed by atoms with van der Waals surface area (Å²) in [6, 6.07) is 0. The molecule has 0 spiro atoms. The van der Waals surface area contributed by atoms with Crippen LogP contribution in [0.25, 0.3) is 0 Å². The van der Waals surface area contributed by atoms with Crippen LogP contribution in [0, 0.1) is 0 Å². The number of rotatable bonds is 2. The predicted molar refractivity (Wildman–Crippen MR) is 48.8 cm³/mol. The number of alkyl halides is 2. The summed E-state index contributed by atoms with van der Waals surface area (Å²) in [6.45, 7) is 4.01. The second kappa shape index (κ2) is 3.70. The Morgan fingerprint density at radius 2 is 2.36 bits per heavy atom. The van der Waals surface area contributed by atoms with Crippen molar-refractivity contribution in [3.05, 3.63) is 12.7 Å². The van der Waals surface area contributed by atoms with Crippen LogP contribution in [-0.2, 0) is 4.79 Å². The summed E-state index contributed by atoms with van der Waals surface area (Å²) in [5.41, 5.74) is 0. The van der Waals surface area contributed by atoms with Gasteiger partial charge in [0.25, 0.3) is 5.91 Å². The van der Waals surface area contributed by atoms with Gasteiger partial charge in [-0.1, -0.05) is 6.08 Å². The third-order valence-corrected chi connectivity index (χ3v) is 3.50. The van der Waals surface area contributed by atoms with Crippen molar-refractivity contribution >= 4 is 41.1 Å². The van der Waals surface area contributed by atoms with E-state index in [-0.39, 0.29) is 10.6 Å². The Balaban J connectivity index is 2.59. The van der Waals surface area contributed by atoms with E-state index in [2.05, 4.69) is 6.58 Å². The maximum Gasteiger partial charge on any atom is 0.253 e. The van der Waals surface area contributed by atoms with Crippen LogP contribution in [0.15, 0.2) is 12.7 Å². The first kappa shape index (κ1) is 9.23. The van der Waals surface area contributed by atoms with E-state index in [1.807, 2.05) is 0 Å². The van der Waals surface area contributed by atoms with Gasteiger partial charge >= 0.3 is 0 Å². The van der Waals surface area contributed by atoms with Crippen LogP contribution in [0.3, 0.4) is 0 Å². The molecule has 1 rings (SSSR count). The molecule has 1 heterocycles. The van der Waals surface area contributed by atoms with Crippen LogP contribution in [0.5, 0.6) is 0 Å². The number of hydrogen-bond donors (Lipinski definition) is 0. The molecule has 1 aliphatic heterocycles. The Bertz CT molecular complexity index is 187. The van der Waals surface area contributed by atoms with Crippen LogP contribution in [0.1, 0.15) is 0 Å². The molecule has 1 amide bonds. The summed E-state index contributed by atoms with van der Waals surface area (Å²) in [7, 11) is 0. The molecule has 62 valence electrons. The third kappa shape index (κ3) is 1.83. The maximum absolute atomic E-state index is 11.1. The van der Waals surface area contributed by atoms with E-state index >= 15 is 0 Å². The van der Waals surface area contributed by atoms with Crippen LogP contribution >= 0.6 is 35.1 Å². The van der Waals surface area contributed by atoms with Gasteiger partial charge in [0.2, 0.25) is 0 Å². The largest absolute Gasteiger partial charge is 0.280 e. The second-order valence-corrected chi connectivity index (χ2v) is 4.40. The molecule has 0 N–H and O–H groups in total. The lowest BCUT2D eigenvalue weighted by molar-refractivity contribution is -0.124. The molecule has 0 aliphatic carbocycles. The van der Waals surface area contributed by atoms with Gasteiger partial charge in [0.15, 0.2) is 0 Å².